The summed E-state index contributed by atoms with van der Waals surface area (Å²) in [5, 5.41) is 21.2. The predicted molar refractivity (Wildman–Crippen MR) is 153 cm³/mol. The van der Waals surface area contributed by atoms with Crippen molar-refractivity contribution >= 4 is 17.7 Å². The Morgan fingerprint density at radius 3 is 2.18 bits per heavy atom. The minimum absolute atomic E-state index is 0.0920. The van der Waals surface area contributed by atoms with Gasteiger partial charge in [-0.3, -0.25) is 14.5 Å². The van der Waals surface area contributed by atoms with Gasteiger partial charge in [-0.25, -0.2) is 13.6 Å². The highest BCUT2D eigenvalue weighted by Gasteiger charge is 2.38. The molecule has 0 aromatic heterocycles. The minimum Gasteiger partial charge on any atom is -0.494 e. The van der Waals surface area contributed by atoms with E-state index in [1.165, 1.54) is 24.3 Å². The smallest absolute Gasteiger partial charge is 0.490 e. The number of nitrogens with one attached hydrogen (secondary N) is 1. The Balaban J connectivity index is 0.000000860. The van der Waals surface area contributed by atoms with Crippen LogP contribution in [0.4, 0.5) is 22.0 Å². The molecule has 44 heavy (non-hydrogen) atoms. The maximum Gasteiger partial charge on any atom is 0.490 e. The van der Waals surface area contributed by atoms with E-state index in [2.05, 4.69) is 12.2 Å². The first-order valence-electron chi connectivity index (χ1n) is 14.5. The number of alkyl halides is 4. The molecule has 244 valence electrons. The lowest BCUT2D eigenvalue weighted by Crippen LogP contribution is -2.46. The second kappa shape index (κ2) is 18.3. The van der Waals surface area contributed by atoms with E-state index in [1.54, 1.807) is 24.3 Å². The standard InChI is InChI=1S/C29H38F2N2O4.C2HF3O2/c1-2-3-18-37-25-14-10-22(11-15-25)29(36)26(20-33-17-16-24(31)19-33)32-28(35)7-5-4-6-27(34)21-8-12-23(30)13-9-21;3-2(4,5)1(6)7/h8-15,24,26,29,36H,2-7,16-20H2,1H3,(H,32,35);(H,6,7)/t24?,26-,29-;/m1./s1. The van der Waals surface area contributed by atoms with E-state index >= 15 is 0 Å². The third-order valence-electron chi connectivity index (χ3n) is 6.85. The molecule has 0 aliphatic carbocycles. The van der Waals surface area contributed by atoms with Gasteiger partial charge < -0.3 is 20.3 Å². The number of aliphatic hydroxyl groups excluding tert-OH is 1. The summed E-state index contributed by atoms with van der Waals surface area (Å²) in [5.41, 5.74) is 1.10. The fraction of sp³-hybridized carbons (Fsp3) is 0.516. The van der Waals surface area contributed by atoms with Crippen LogP contribution >= 0.6 is 0 Å². The number of amides is 1. The quantitative estimate of drug-likeness (QED) is 0.133. The number of unbranched alkanes of at least 4 members (excludes halogenated alkanes) is 2. The molecule has 1 fully saturated rings. The number of hydrogen-bond donors (Lipinski definition) is 3. The molecule has 2 aromatic rings. The van der Waals surface area contributed by atoms with Gasteiger partial charge >= 0.3 is 12.1 Å². The molecule has 1 amide bonds. The molecule has 0 spiro atoms. The third-order valence-corrected chi connectivity index (χ3v) is 6.85. The predicted octanol–water partition coefficient (Wildman–Crippen LogP) is 5.64. The highest BCUT2D eigenvalue weighted by Crippen LogP contribution is 2.23. The fourth-order valence-electron chi connectivity index (χ4n) is 4.41. The molecule has 8 nitrogen and oxygen atoms in total. The lowest BCUT2D eigenvalue weighted by Gasteiger charge is -2.29. The van der Waals surface area contributed by atoms with E-state index in [0.29, 0.717) is 50.1 Å². The molecule has 0 radical (unpaired) electrons. The Bertz CT molecular complexity index is 1180. The summed E-state index contributed by atoms with van der Waals surface area (Å²) in [6.07, 6.45) is -3.00. The second-order valence-electron chi connectivity index (χ2n) is 10.5. The van der Waals surface area contributed by atoms with Crippen LogP contribution in [0.25, 0.3) is 0 Å². The van der Waals surface area contributed by atoms with Gasteiger partial charge in [0.05, 0.1) is 12.6 Å². The maximum atomic E-state index is 13.7. The zero-order chi connectivity index (χ0) is 32.7. The van der Waals surface area contributed by atoms with Crippen LogP contribution in [0.15, 0.2) is 48.5 Å². The normalized spacial score (nSPS) is 16.4. The summed E-state index contributed by atoms with van der Waals surface area (Å²) in [4.78, 5) is 35.8. The number of hydrogen-bond acceptors (Lipinski definition) is 6. The summed E-state index contributed by atoms with van der Waals surface area (Å²) >= 11 is 0. The summed E-state index contributed by atoms with van der Waals surface area (Å²) in [5.74, 6) is -2.75. The van der Waals surface area contributed by atoms with Crippen LogP contribution in [0, 0.1) is 5.82 Å². The maximum absolute atomic E-state index is 13.7. The minimum atomic E-state index is -5.08. The number of nitrogens with zero attached hydrogens (tertiary/aromatic N) is 1. The molecule has 1 aliphatic heterocycles. The molecular weight excluding hydrogens is 591 g/mol. The lowest BCUT2D eigenvalue weighted by atomic mass is 10.0. The van der Waals surface area contributed by atoms with Gasteiger partial charge in [-0.2, -0.15) is 13.2 Å². The van der Waals surface area contributed by atoms with E-state index in [-0.39, 0.29) is 31.1 Å². The number of likely N-dealkylation sites (tertiary alicyclic amines) is 1. The zero-order valence-electron chi connectivity index (χ0n) is 24.5. The molecule has 1 aliphatic rings. The van der Waals surface area contributed by atoms with Gasteiger partial charge in [-0.1, -0.05) is 25.5 Å². The zero-order valence-corrected chi connectivity index (χ0v) is 24.5. The molecule has 3 N–H and O–H groups in total. The number of aliphatic carboxylic acids is 1. The van der Waals surface area contributed by atoms with Gasteiger partial charge in [-0.15, -0.1) is 0 Å². The number of benzene rings is 2. The Labute approximate surface area is 253 Å². The highest BCUT2D eigenvalue weighted by atomic mass is 19.4. The van der Waals surface area contributed by atoms with Crippen LogP contribution in [0.3, 0.4) is 0 Å². The first-order chi connectivity index (χ1) is 20.8. The van der Waals surface area contributed by atoms with Gasteiger partial charge in [-0.05, 0) is 67.6 Å². The number of ether oxygens (including phenoxy) is 1. The summed E-state index contributed by atoms with van der Waals surface area (Å²) in [6, 6.07) is 12.0. The number of aliphatic hydroxyl groups is 1. The first kappa shape index (κ1) is 36.6. The largest absolute Gasteiger partial charge is 0.494 e. The molecule has 1 saturated heterocycles. The van der Waals surface area contributed by atoms with Crippen molar-refractivity contribution in [2.45, 2.75) is 76.4 Å². The second-order valence-corrected chi connectivity index (χ2v) is 10.5. The summed E-state index contributed by atoms with van der Waals surface area (Å²) in [6.45, 7) is 3.93. The number of ketones is 1. The van der Waals surface area contributed by atoms with Crippen molar-refractivity contribution in [2.75, 3.05) is 26.2 Å². The van der Waals surface area contributed by atoms with E-state index in [9.17, 15) is 36.6 Å². The average Bonchev–Trinajstić information content (AvgIpc) is 3.39. The first-order valence-corrected chi connectivity index (χ1v) is 14.5. The summed E-state index contributed by atoms with van der Waals surface area (Å²) < 4.78 is 64.2. The fourth-order valence-corrected chi connectivity index (χ4v) is 4.41. The number of carbonyl (C=O) groups is 3. The summed E-state index contributed by atoms with van der Waals surface area (Å²) in [7, 11) is 0. The van der Waals surface area contributed by atoms with Crippen LogP contribution in [-0.4, -0.2) is 77.4 Å². The van der Waals surface area contributed by atoms with Crippen molar-refractivity contribution < 1.29 is 51.3 Å². The van der Waals surface area contributed by atoms with Crippen LogP contribution in [0.5, 0.6) is 5.75 Å². The number of carboxylic acid groups (broad SMARTS) is 1. The highest BCUT2D eigenvalue weighted by molar-refractivity contribution is 5.96. The van der Waals surface area contributed by atoms with Gasteiger partial charge in [0.1, 0.15) is 23.8 Å². The van der Waals surface area contributed by atoms with Gasteiger partial charge in [0.2, 0.25) is 5.91 Å². The Morgan fingerprint density at radius 1 is 1.02 bits per heavy atom. The number of carboxylic acids is 1. The van der Waals surface area contributed by atoms with Crippen molar-refractivity contribution in [1.29, 1.82) is 0 Å². The van der Waals surface area contributed by atoms with E-state index in [1.807, 2.05) is 4.90 Å². The van der Waals surface area contributed by atoms with Crippen molar-refractivity contribution in [2.24, 2.45) is 0 Å². The number of carbonyl (C=O) groups excluding carboxylic acids is 2. The van der Waals surface area contributed by atoms with Crippen molar-refractivity contribution in [3.05, 3.63) is 65.5 Å². The molecule has 3 atom stereocenters. The van der Waals surface area contributed by atoms with Crippen LogP contribution in [0.2, 0.25) is 0 Å². The molecule has 13 heteroatoms. The van der Waals surface area contributed by atoms with Crippen LogP contribution in [-0.2, 0) is 9.59 Å². The molecular formula is C31H39F5N2O6. The SMILES string of the molecule is CCCCOc1ccc([C@@H](O)[C@@H](CN2CCC(F)C2)NC(=O)CCCCC(=O)c2ccc(F)cc2)cc1.O=C(O)C(F)(F)F. The number of halogens is 5. The van der Waals surface area contributed by atoms with Gasteiger partial charge in [0, 0.05) is 38.0 Å². The Hall–Kier alpha value is -3.58. The molecule has 0 bridgehead atoms. The van der Waals surface area contributed by atoms with Crippen LogP contribution < -0.4 is 10.1 Å². The lowest BCUT2D eigenvalue weighted by molar-refractivity contribution is -0.192. The molecule has 3 rings (SSSR count). The van der Waals surface area contributed by atoms with E-state index in [0.717, 1.165) is 18.6 Å². The molecule has 1 unspecified atom stereocenters. The van der Waals surface area contributed by atoms with Crippen molar-refractivity contribution in [3.63, 3.8) is 0 Å². The Morgan fingerprint density at radius 2 is 1.64 bits per heavy atom. The van der Waals surface area contributed by atoms with E-state index in [4.69, 9.17) is 14.6 Å². The third kappa shape index (κ3) is 13.4. The average molecular weight is 631 g/mol. The monoisotopic (exact) mass is 630 g/mol. The van der Waals surface area contributed by atoms with Gasteiger partial charge in [0.15, 0.2) is 5.78 Å². The van der Waals surface area contributed by atoms with E-state index < -0.39 is 36.3 Å². The van der Waals surface area contributed by atoms with Gasteiger partial charge in [0.25, 0.3) is 0 Å². The number of rotatable bonds is 15. The number of Topliss-reactive ketones (excluding diaryl/α,β-unsaturated/α-hetero) is 1. The van der Waals surface area contributed by atoms with Crippen LogP contribution in [0.1, 0.15) is 73.9 Å². The Kier molecular flexibility index (Phi) is 15.2. The molecule has 1 heterocycles. The topological polar surface area (TPSA) is 116 Å². The van der Waals surface area contributed by atoms with Crippen molar-refractivity contribution in [1.82, 2.24) is 10.2 Å². The molecule has 0 saturated carbocycles. The molecule has 2 aromatic carbocycles. The van der Waals surface area contributed by atoms with Crippen molar-refractivity contribution in [3.8, 4) is 5.75 Å².